The molecule has 0 bridgehead atoms. The largest absolute Gasteiger partial charge is 0.505 e. The Morgan fingerprint density at radius 3 is 2.19 bits per heavy atom. The summed E-state index contributed by atoms with van der Waals surface area (Å²) in [4.78, 5) is 16.2. The fraction of sp³-hybridized carbons (Fsp3) is 0.500. The number of halogens is 3. The summed E-state index contributed by atoms with van der Waals surface area (Å²) in [5, 5.41) is 9.72. The number of aryl methyl sites for hydroxylation is 1. The lowest BCUT2D eigenvalue weighted by Crippen LogP contribution is -2.36. The fourth-order valence-corrected chi connectivity index (χ4v) is 8.47. The third-order valence-electron chi connectivity index (χ3n) is 11.3. The van der Waals surface area contributed by atoms with E-state index < -0.39 is 12.1 Å². The van der Waals surface area contributed by atoms with Crippen molar-refractivity contribution in [1.29, 1.82) is 0 Å². The second-order valence-electron chi connectivity index (χ2n) is 15.8. The Balaban J connectivity index is 1.35. The maximum Gasteiger partial charge on any atom is 0.248 e. The Kier molecular flexibility index (Phi) is 10.2. The van der Waals surface area contributed by atoms with Crippen molar-refractivity contribution in [3.05, 3.63) is 106 Å². The summed E-state index contributed by atoms with van der Waals surface area (Å²) >= 11 is 0. The summed E-state index contributed by atoms with van der Waals surface area (Å²) < 4.78 is 59.3. The summed E-state index contributed by atoms with van der Waals surface area (Å²) in [5.74, 6) is -1.71. The first-order valence-electron chi connectivity index (χ1n) is 18.5. The molecule has 2 aliphatic carbocycles. The summed E-state index contributed by atoms with van der Waals surface area (Å²) in [6, 6.07) is 15.3. The predicted octanol–water partition coefficient (Wildman–Crippen LogP) is 9.86. The average molecular weight is 715 g/mol. The van der Waals surface area contributed by atoms with Crippen LogP contribution in [0.1, 0.15) is 128 Å². The number of fused-ring (bicyclic) bond motifs is 1. The Morgan fingerprint density at radius 1 is 0.904 bits per heavy atom. The number of rotatable bonds is 9. The van der Waals surface area contributed by atoms with Gasteiger partial charge in [0.15, 0.2) is 11.9 Å². The molecule has 3 aliphatic rings. The summed E-state index contributed by atoms with van der Waals surface area (Å²) in [6.07, 6.45) is 3.83. The van der Waals surface area contributed by atoms with Gasteiger partial charge in [0.1, 0.15) is 5.75 Å². The molecule has 52 heavy (non-hydrogen) atoms. The van der Waals surface area contributed by atoms with E-state index in [2.05, 4.69) is 28.7 Å². The molecule has 7 nitrogen and oxygen atoms in total. The lowest BCUT2D eigenvalue weighted by molar-refractivity contribution is -0.0390. The monoisotopic (exact) mass is 714 g/mol. The van der Waals surface area contributed by atoms with Gasteiger partial charge in [-0.15, -0.1) is 0 Å². The molecule has 7 rings (SSSR count). The van der Waals surface area contributed by atoms with E-state index in [-0.39, 0.29) is 54.8 Å². The van der Waals surface area contributed by atoms with E-state index >= 15 is 4.39 Å². The van der Waals surface area contributed by atoms with Crippen LogP contribution in [-0.4, -0.2) is 46.2 Å². The van der Waals surface area contributed by atoms with Gasteiger partial charge < -0.3 is 19.5 Å². The van der Waals surface area contributed by atoms with Crippen molar-refractivity contribution < 1.29 is 27.8 Å². The topological polar surface area (TPSA) is 80.6 Å². The molecule has 3 heterocycles. The maximum atomic E-state index is 17.6. The molecular weight excluding hydrogens is 665 g/mol. The number of benzene rings is 2. The average Bonchev–Trinajstić information content (AvgIpc) is 3.13. The van der Waals surface area contributed by atoms with Crippen molar-refractivity contribution in [3.8, 4) is 11.5 Å². The van der Waals surface area contributed by atoms with Crippen molar-refractivity contribution in [2.75, 3.05) is 25.1 Å². The molecule has 10 heteroatoms. The van der Waals surface area contributed by atoms with Gasteiger partial charge in [-0.3, -0.25) is 4.98 Å². The van der Waals surface area contributed by atoms with Gasteiger partial charge in [0.05, 0.1) is 37.9 Å². The lowest BCUT2D eigenvalue weighted by atomic mass is 9.68. The molecule has 1 saturated heterocycles. The first-order valence-corrected chi connectivity index (χ1v) is 18.5. The molecule has 2 atom stereocenters. The van der Waals surface area contributed by atoms with Crippen LogP contribution in [0.4, 0.5) is 19.1 Å². The quantitative estimate of drug-likeness (QED) is 0.185. The molecule has 0 amide bonds. The molecule has 2 fully saturated rings. The van der Waals surface area contributed by atoms with Crippen LogP contribution >= 0.6 is 0 Å². The number of alkyl halides is 3. The van der Waals surface area contributed by atoms with Gasteiger partial charge in [0.25, 0.3) is 0 Å². The van der Waals surface area contributed by atoms with Crippen LogP contribution in [0, 0.1) is 12.3 Å². The normalized spacial score (nSPS) is 21.1. The van der Waals surface area contributed by atoms with Crippen LogP contribution in [0.25, 0.3) is 0 Å². The van der Waals surface area contributed by atoms with Gasteiger partial charge >= 0.3 is 0 Å². The van der Waals surface area contributed by atoms with Gasteiger partial charge in [0.2, 0.25) is 11.9 Å². The zero-order valence-corrected chi connectivity index (χ0v) is 30.5. The van der Waals surface area contributed by atoms with Gasteiger partial charge in [-0.1, -0.05) is 55.8 Å². The standard InChI is InChI=1S/C42H49F3N4O3/c1-26-5-9-29(10-6-26)38(43)37-35(28-13-17-42(44,45)18-14-28)36-33(21-41(2,3)22-34(36)52-25-27-7-11-32(51-4)12-8-27)48-39(37)30-15-19-49(20-16-30)40-46-23-31(50)24-47-40/h5-12,23-24,28,30,34,38,50H,13-22,25H2,1-4H3/t34-,38-/m0/s1. The third-order valence-corrected chi connectivity index (χ3v) is 11.3. The first kappa shape index (κ1) is 36.2. The van der Waals surface area contributed by atoms with Gasteiger partial charge in [-0.2, -0.15) is 0 Å². The number of aromatic nitrogens is 3. The van der Waals surface area contributed by atoms with Crippen LogP contribution in [0.15, 0.2) is 60.9 Å². The molecule has 0 unspecified atom stereocenters. The SMILES string of the molecule is COc1ccc(CO[C@H]2CC(C)(C)Cc3nc(C4CCN(c5ncc(O)cn5)CC4)c([C@@H](F)c4ccc(C)cc4)c(C4CCC(F)(F)CC4)c32)cc1. The van der Waals surface area contributed by atoms with Gasteiger partial charge in [0, 0.05) is 48.7 Å². The van der Waals surface area contributed by atoms with Crippen molar-refractivity contribution in [1.82, 2.24) is 15.0 Å². The van der Waals surface area contributed by atoms with Crippen LogP contribution in [0.3, 0.4) is 0 Å². The smallest absolute Gasteiger partial charge is 0.248 e. The Hall–Kier alpha value is -4.18. The number of hydrogen-bond acceptors (Lipinski definition) is 7. The molecule has 276 valence electrons. The van der Waals surface area contributed by atoms with Crippen LogP contribution in [-0.2, 0) is 17.8 Å². The zero-order valence-electron chi connectivity index (χ0n) is 30.5. The van der Waals surface area contributed by atoms with E-state index in [9.17, 15) is 13.9 Å². The highest BCUT2D eigenvalue weighted by atomic mass is 19.3. The van der Waals surface area contributed by atoms with E-state index in [0.717, 1.165) is 39.4 Å². The van der Waals surface area contributed by atoms with Crippen molar-refractivity contribution in [2.45, 2.75) is 109 Å². The molecule has 0 radical (unpaired) electrons. The summed E-state index contributed by atoms with van der Waals surface area (Å²) in [7, 11) is 1.64. The highest BCUT2D eigenvalue weighted by Gasteiger charge is 2.44. The van der Waals surface area contributed by atoms with E-state index in [0.29, 0.717) is 62.5 Å². The highest BCUT2D eigenvalue weighted by Crippen LogP contribution is 2.53. The predicted molar refractivity (Wildman–Crippen MR) is 195 cm³/mol. The molecule has 1 saturated carbocycles. The number of nitrogens with zero attached hydrogens (tertiary/aromatic N) is 4. The Labute approximate surface area is 304 Å². The second kappa shape index (κ2) is 14.7. The van der Waals surface area contributed by atoms with Gasteiger partial charge in [-0.05, 0) is 85.6 Å². The summed E-state index contributed by atoms with van der Waals surface area (Å²) in [6.45, 7) is 8.04. The first-order chi connectivity index (χ1) is 24.9. The number of hydrogen-bond donors (Lipinski definition) is 1. The number of anilines is 1. The third kappa shape index (κ3) is 7.77. The van der Waals surface area contributed by atoms with Crippen LogP contribution in [0.5, 0.6) is 11.5 Å². The maximum absolute atomic E-state index is 17.6. The van der Waals surface area contributed by atoms with Crippen molar-refractivity contribution >= 4 is 5.95 Å². The zero-order chi connectivity index (χ0) is 36.6. The molecule has 1 N–H and O–H groups in total. The summed E-state index contributed by atoms with van der Waals surface area (Å²) in [5.41, 5.74) is 6.38. The minimum absolute atomic E-state index is 0.00819. The molecule has 1 aliphatic heterocycles. The van der Waals surface area contributed by atoms with E-state index in [4.69, 9.17) is 14.5 Å². The molecule has 2 aromatic carbocycles. The minimum Gasteiger partial charge on any atom is -0.505 e. The Morgan fingerprint density at radius 2 is 1.56 bits per heavy atom. The number of aromatic hydroxyl groups is 1. The molecule has 0 spiro atoms. The highest BCUT2D eigenvalue weighted by molar-refractivity contribution is 5.51. The molecular formula is C42H49F3N4O3. The van der Waals surface area contributed by atoms with Crippen molar-refractivity contribution in [2.24, 2.45) is 5.41 Å². The molecule has 4 aromatic rings. The number of pyridine rings is 1. The van der Waals surface area contributed by atoms with Gasteiger partial charge in [-0.25, -0.2) is 23.1 Å². The van der Waals surface area contributed by atoms with E-state index in [1.807, 2.05) is 55.5 Å². The number of methoxy groups -OCH3 is 1. The van der Waals surface area contributed by atoms with Crippen LogP contribution < -0.4 is 9.64 Å². The van der Waals surface area contributed by atoms with E-state index in [1.165, 1.54) is 12.4 Å². The Bertz CT molecular complexity index is 1830. The minimum atomic E-state index is -2.73. The number of ether oxygens (including phenoxy) is 2. The number of piperidine rings is 1. The lowest BCUT2D eigenvalue weighted by Gasteiger charge is -2.42. The van der Waals surface area contributed by atoms with Crippen LogP contribution in [0.2, 0.25) is 0 Å². The molecule has 2 aromatic heterocycles. The fourth-order valence-electron chi connectivity index (χ4n) is 8.47. The van der Waals surface area contributed by atoms with E-state index in [1.54, 1.807) is 7.11 Å². The van der Waals surface area contributed by atoms with Crippen molar-refractivity contribution in [3.63, 3.8) is 0 Å². The second-order valence-corrected chi connectivity index (χ2v) is 15.8.